The van der Waals surface area contributed by atoms with Crippen molar-refractivity contribution in [3.8, 4) is 0 Å². The van der Waals surface area contributed by atoms with Crippen LogP contribution in [0.1, 0.15) is 49.4 Å². The van der Waals surface area contributed by atoms with Crippen LogP contribution in [0.25, 0.3) is 0 Å². The van der Waals surface area contributed by atoms with E-state index in [1.165, 1.54) is 6.92 Å². The smallest absolute Gasteiger partial charge is 0.410 e. The Morgan fingerprint density at radius 2 is 1.63 bits per heavy atom. The fourth-order valence-corrected chi connectivity index (χ4v) is 3.35. The highest BCUT2D eigenvalue weighted by molar-refractivity contribution is 5.94. The zero-order valence-corrected chi connectivity index (χ0v) is 16.4. The zero-order chi connectivity index (χ0) is 19.8. The Kier molecular flexibility index (Phi) is 5.12. The number of hydrogen-bond acceptors (Lipinski definition) is 5. The van der Waals surface area contributed by atoms with Gasteiger partial charge in [0.25, 0.3) is 5.91 Å². The van der Waals surface area contributed by atoms with Crippen molar-refractivity contribution in [2.24, 2.45) is 0 Å². The largest absolute Gasteiger partial charge is 0.444 e. The molecule has 3 rings (SSSR count). The highest BCUT2D eigenvalue weighted by Crippen LogP contribution is 2.23. The number of nitrogens with one attached hydrogen (secondary N) is 1. The van der Waals surface area contributed by atoms with Gasteiger partial charge in [0.15, 0.2) is 5.69 Å². The lowest BCUT2D eigenvalue weighted by atomic mass is 10.0. The van der Waals surface area contributed by atoms with Gasteiger partial charge in [0, 0.05) is 45.2 Å². The second kappa shape index (κ2) is 7.21. The molecule has 1 N–H and O–H groups in total. The minimum atomic E-state index is -0.547. The average molecular weight is 377 g/mol. The van der Waals surface area contributed by atoms with Crippen LogP contribution in [0.4, 0.5) is 4.79 Å². The SMILES string of the molecule is CC(=O)N1CCN(C(=O)c2n[nH]c3c2CCN(C(=O)OC(C)(C)C)C3)CC1. The molecule has 2 aliphatic heterocycles. The van der Waals surface area contributed by atoms with E-state index in [1.54, 1.807) is 14.7 Å². The predicted molar refractivity (Wildman–Crippen MR) is 97.1 cm³/mol. The number of carbonyl (C=O) groups is 3. The molecular formula is C18H27N5O4. The number of ether oxygens (including phenoxy) is 1. The van der Waals surface area contributed by atoms with E-state index in [4.69, 9.17) is 4.74 Å². The van der Waals surface area contributed by atoms with Crippen LogP contribution in [0.3, 0.4) is 0 Å². The van der Waals surface area contributed by atoms with Gasteiger partial charge in [-0.1, -0.05) is 0 Å². The van der Waals surface area contributed by atoms with E-state index in [0.29, 0.717) is 51.4 Å². The standard InChI is InChI=1S/C18H27N5O4/c1-12(24)21-7-9-22(10-8-21)16(25)15-13-5-6-23(11-14(13)19-20-15)17(26)27-18(2,3)4/h5-11H2,1-4H3,(H,19,20). The van der Waals surface area contributed by atoms with Gasteiger partial charge in [-0.15, -0.1) is 0 Å². The normalized spacial score (nSPS) is 17.6. The molecule has 9 nitrogen and oxygen atoms in total. The van der Waals surface area contributed by atoms with Crippen LogP contribution in [-0.2, 0) is 22.5 Å². The lowest BCUT2D eigenvalue weighted by Crippen LogP contribution is -2.50. The van der Waals surface area contributed by atoms with E-state index in [0.717, 1.165) is 11.3 Å². The Morgan fingerprint density at radius 3 is 2.22 bits per heavy atom. The fourth-order valence-electron chi connectivity index (χ4n) is 3.35. The summed E-state index contributed by atoms with van der Waals surface area (Å²) in [7, 11) is 0. The number of rotatable bonds is 1. The number of fused-ring (bicyclic) bond motifs is 1. The van der Waals surface area contributed by atoms with Crippen molar-refractivity contribution in [2.75, 3.05) is 32.7 Å². The highest BCUT2D eigenvalue weighted by atomic mass is 16.6. The quantitative estimate of drug-likeness (QED) is 0.787. The van der Waals surface area contributed by atoms with Crippen molar-refractivity contribution in [3.63, 3.8) is 0 Å². The number of hydrogen-bond donors (Lipinski definition) is 1. The second-order valence-corrected chi connectivity index (χ2v) is 7.98. The van der Waals surface area contributed by atoms with Gasteiger partial charge in [-0.3, -0.25) is 14.7 Å². The number of amides is 3. The van der Waals surface area contributed by atoms with E-state index < -0.39 is 5.60 Å². The summed E-state index contributed by atoms with van der Waals surface area (Å²) in [5.41, 5.74) is 1.52. The minimum absolute atomic E-state index is 0.0291. The molecule has 1 aromatic heterocycles. The maximum absolute atomic E-state index is 12.8. The summed E-state index contributed by atoms with van der Waals surface area (Å²) < 4.78 is 5.42. The summed E-state index contributed by atoms with van der Waals surface area (Å²) in [6.07, 6.45) is 0.190. The molecule has 0 aromatic carbocycles. The van der Waals surface area contributed by atoms with Crippen LogP contribution in [0.5, 0.6) is 0 Å². The third-order valence-corrected chi connectivity index (χ3v) is 4.80. The molecule has 0 saturated carbocycles. The maximum atomic E-state index is 12.8. The Morgan fingerprint density at radius 1 is 1.00 bits per heavy atom. The van der Waals surface area contributed by atoms with E-state index in [1.807, 2.05) is 20.8 Å². The number of carbonyl (C=O) groups excluding carboxylic acids is 3. The minimum Gasteiger partial charge on any atom is -0.444 e. The van der Waals surface area contributed by atoms with Crippen molar-refractivity contribution in [1.29, 1.82) is 0 Å². The number of H-pyrrole nitrogens is 1. The van der Waals surface area contributed by atoms with Crippen LogP contribution < -0.4 is 0 Å². The molecule has 9 heteroatoms. The monoisotopic (exact) mass is 377 g/mol. The molecule has 0 spiro atoms. The van der Waals surface area contributed by atoms with E-state index in [9.17, 15) is 14.4 Å². The first-order valence-corrected chi connectivity index (χ1v) is 9.24. The molecule has 0 aliphatic carbocycles. The zero-order valence-electron chi connectivity index (χ0n) is 16.4. The molecule has 148 valence electrons. The van der Waals surface area contributed by atoms with Crippen LogP contribution in [-0.4, -0.2) is 81.1 Å². The van der Waals surface area contributed by atoms with Gasteiger partial charge in [0.05, 0.1) is 12.2 Å². The molecule has 27 heavy (non-hydrogen) atoms. The second-order valence-electron chi connectivity index (χ2n) is 7.98. The molecule has 1 fully saturated rings. The Bertz CT molecular complexity index is 743. The van der Waals surface area contributed by atoms with Crippen LogP contribution in [0.2, 0.25) is 0 Å². The molecule has 0 bridgehead atoms. The van der Waals surface area contributed by atoms with Crippen molar-refractivity contribution in [3.05, 3.63) is 17.0 Å². The first-order valence-electron chi connectivity index (χ1n) is 9.24. The van der Waals surface area contributed by atoms with Crippen molar-refractivity contribution in [2.45, 2.75) is 46.3 Å². The lowest BCUT2D eigenvalue weighted by Gasteiger charge is -2.34. The van der Waals surface area contributed by atoms with Crippen LogP contribution in [0.15, 0.2) is 0 Å². The average Bonchev–Trinajstić information content (AvgIpc) is 3.02. The molecule has 2 aliphatic rings. The van der Waals surface area contributed by atoms with Gasteiger partial charge in [-0.05, 0) is 27.2 Å². The van der Waals surface area contributed by atoms with Crippen LogP contribution in [0, 0.1) is 0 Å². The third kappa shape index (κ3) is 4.23. The van der Waals surface area contributed by atoms with Gasteiger partial charge < -0.3 is 19.4 Å². The summed E-state index contributed by atoms with van der Waals surface area (Å²) >= 11 is 0. The Hall–Kier alpha value is -2.58. The summed E-state index contributed by atoms with van der Waals surface area (Å²) in [4.78, 5) is 41.6. The molecular weight excluding hydrogens is 350 g/mol. The number of aromatic nitrogens is 2. The van der Waals surface area contributed by atoms with E-state index in [2.05, 4.69) is 10.2 Å². The first kappa shape index (κ1) is 19.2. The molecule has 1 aromatic rings. The Balaban J connectivity index is 1.65. The predicted octanol–water partition coefficient (Wildman–Crippen LogP) is 1.01. The first-order chi connectivity index (χ1) is 12.7. The number of piperazine rings is 1. The van der Waals surface area contributed by atoms with Crippen LogP contribution >= 0.6 is 0 Å². The molecule has 0 radical (unpaired) electrons. The van der Waals surface area contributed by atoms with Gasteiger partial charge in [-0.25, -0.2) is 4.79 Å². The molecule has 0 atom stereocenters. The molecule has 1 saturated heterocycles. The van der Waals surface area contributed by atoms with Gasteiger partial charge in [-0.2, -0.15) is 5.10 Å². The summed E-state index contributed by atoms with van der Waals surface area (Å²) in [6.45, 7) is 9.96. The van der Waals surface area contributed by atoms with Gasteiger partial charge in [0.1, 0.15) is 5.60 Å². The lowest BCUT2D eigenvalue weighted by molar-refractivity contribution is -0.130. The molecule has 3 heterocycles. The number of nitrogens with zero attached hydrogens (tertiary/aromatic N) is 4. The Labute approximate surface area is 158 Å². The van der Waals surface area contributed by atoms with Gasteiger partial charge in [0.2, 0.25) is 5.91 Å². The summed E-state index contributed by atoms with van der Waals surface area (Å²) in [6, 6.07) is 0. The molecule has 3 amide bonds. The molecule has 0 unspecified atom stereocenters. The summed E-state index contributed by atoms with van der Waals surface area (Å²) in [5, 5.41) is 7.13. The maximum Gasteiger partial charge on any atom is 0.410 e. The van der Waals surface area contributed by atoms with Crippen molar-refractivity contribution < 1.29 is 19.1 Å². The number of aromatic amines is 1. The fraction of sp³-hybridized carbons (Fsp3) is 0.667. The van der Waals surface area contributed by atoms with Gasteiger partial charge >= 0.3 is 6.09 Å². The van der Waals surface area contributed by atoms with E-state index in [-0.39, 0.29) is 17.9 Å². The third-order valence-electron chi connectivity index (χ3n) is 4.80. The van der Waals surface area contributed by atoms with Crippen molar-refractivity contribution in [1.82, 2.24) is 24.9 Å². The van der Waals surface area contributed by atoms with E-state index >= 15 is 0 Å². The highest BCUT2D eigenvalue weighted by Gasteiger charge is 2.32. The topological polar surface area (TPSA) is 98.8 Å². The van der Waals surface area contributed by atoms with Crippen molar-refractivity contribution >= 4 is 17.9 Å². The summed E-state index contributed by atoms with van der Waals surface area (Å²) in [5.74, 6) is -0.0945.